The summed E-state index contributed by atoms with van der Waals surface area (Å²) < 4.78 is 7.11. The van der Waals surface area contributed by atoms with Crippen molar-refractivity contribution < 1.29 is 9.53 Å². The Bertz CT molecular complexity index is 395. The third-order valence-corrected chi connectivity index (χ3v) is 3.27. The van der Waals surface area contributed by atoms with E-state index in [1.54, 1.807) is 11.8 Å². The lowest BCUT2D eigenvalue weighted by molar-refractivity contribution is -0.138. The van der Waals surface area contributed by atoms with Crippen molar-refractivity contribution in [1.82, 2.24) is 14.8 Å². The van der Waals surface area contributed by atoms with E-state index in [0.717, 1.165) is 6.54 Å². The molecule has 102 valence electrons. The van der Waals surface area contributed by atoms with Crippen LogP contribution in [0.5, 0.6) is 0 Å². The number of ether oxygens (including phenoxy) is 1. The van der Waals surface area contributed by atoms with Gasteiger partial charge < -0.3 is 4.74 Å². The van der Waals surface area contributed by atoms with E-state index < -0.39 is 5.60 Å². The summed E-state index contributed by atoms with van der Waals surface area (Å²) in [5.74, 6) is 1.23. The van der Waals surface area contributed by atoms with E-state index in [2.05, 4.69) is 23.9 Å². The zero-order valence-corrected chi connectivity index (χ0v) is 11.9. The van der Waals surface area contributed by atoms with Crippen LogP contribution in [-0.2, 0) is 22.5 Å². The fourth-order valence-corrected chi connectivity index (χ4v) is 1.71. The van der Waals surface area contributed by atoms with Crippen molar-refractivity contribution in [3.63, 3.8) is 0 Å². The lowest BCUT2D eigenvalue weighted by atomic mass is 9.95. The summed E-state index contributed by atoms with van der Waals surface area (Å²) >= 11 is 0. The highest BCUT2D eigenvalue weighted by molar-refractivity contribution is 5.88. The van der Waals surface area contributed by atoms with E-state index in [-0.39, 0.29) is 12.2 Å². The van der Waals surface area contributed by atoms with Crippen LogP contribution in [-0.4, -0.2) is 33.3 Å². The number of carbonyl (C=O) groups excluding carboxylic acids is 1. The van der Waals surface area contributed by atoms with Gasteiger partial charge in [-0.05, 0) is 19.3 Å². The number of Topliss-reactive ketones (excluding diaryl/α,β-unsaturated/α-hetero) is 1. The Morgan fingerprint density at radius 2 is 2.22 bits per heavy atom. The number of methoxy groups -OCH3 is 1. The molecule has 0 bridgehead atoms. The highest BCUT2D eigenvalue weighted by Crippen LogP contribution is 2.17. The number of hydrogen-bond donors (Lipinski definition) is 0. The van der Waals surface area contributed by atoms with E-state index in [1.165, 1.54) is 6.33 Å². The molecule has 0 aliphatic rings. The lowest BCUT2D eigenvalue weighted by Gasteiger charge is -2.24. The van der Waals surface area contributed by atoms with E-state index in [0.29, 0.717) is 18.2 Å². The van der Waals surface area contributed by atoms with Gasteiger partial charge in [0, 0.05) is 13.7 Å². The molecule has 5 nitrogen and oxygen atoms in total. The van der Waals surface area contributed by atoms with Crippen molar-refractivity contribution in [2.45, 2.75) is 52.7 Å². The van der Waals surface area contributed by atoms with Crippen LogP contribution in [0.1, 0.15) is 39.9 Å². The summed E-state index contributed by atoms with van der Waals surface area (Å²) in [7, 11) is 1.57. The second-order valence-electron chi connectivity index (χ2n) is 5.14. The van der Waals surface area contributed by atoms with Crippen molar-refractivity contribution in [2.75, 3.05) is 7.11 Å². The number of rotatable bonds is 7. The van der Waals surface area contributed by atoms with Crippen molar-refractivity contribution in [3.8, 4) is 0 Å². The van der Waals surface area contributed by atoms with Crippen LogP contribution < -0.4 is 0 Å². The Balaban J connectivity index is 2.79. The fourth-order valence-electron chi connectivity index (χ4n) is 1.71. The van der Waals surface area contributed by atoms with E-state index in [1.807, 2.05) is 13.8 Å². The lowest BCUT2D eigenvalue weighted by Crippen LogP contribution is -2.38. The molecular formula is C13H23N3O2. The van der Waals surface area contributed by atoms with Gasteiger partial charge in [0.05, 0.1) is 6.42 Å². The Morgan fingerprint density at radius 1 is 1.56 bits per heavy atom. The highest BCUT2D eigenvalue weighted by Gasteiger charge is 2.31. The zero-order valence-electron chi connectivity index (χ0n) is 11.9. The molecule has 0 spiro atoms. The van der Waals surface area contributed by atoms with Gasteiger partial charge in [0.25, 0.3) is 0 Å². The first kappa shape index (κ1) is 14.8. The molecule has 1 rings (SSSR count). The van der Waals surface area contributed by atoms with Gasteiger partial charge in [-0.3, -0.25) is 4.79 Å². The summed E-state index contributed by atoms with van der Waals surface area (Å²) in [5.41, 5.74) is -0.728. The van der Waals surface area contributed by atoms with Crippen molar-refractivity contribution in [1.29, 1.82) is 0 Å². The predicted molar refractivity (Wildman–Crippen MR) is 69.3 cm³/mol. The predicted octanol–water partition coefficient (Wildman–Crippen LogP) is 1.86. The molecule has 0 fully saturated rings. The average molecular weight is 253 g/mol. The maximum absolute atomic E-state index is 12.2. The summed E-state index contributed by atoms with van der Waals surface area (Å²) in [5, 5.41) is 4.16. The minimum Gasteiger partial charge on any atom is -0.371 e. The molecule has 0 amide bonds. The molecular weight excluding hydrogens is 230 g/mol. The van der Waals surface area contributed by atoms with Crippen LogP contribution in [0, 0.1) is 5.92 Å². The number of ketones is 1. The van der Waals surface area contributed by atoms with Gasteiger partial charge in [0.15, 0.2) is 5.78 Å². The molecule has 0 aliphatic heterocycles. The van der Waals surface area contributed by atoms with Crippen LogP contribution in [0.3, 0.4) is 0 Å². The molecule has 1 aromatic heterocycles. The largest absolute Gasteiger partial charge is 0.371 e. The highest BCUT2D eigenvalue weighted by atomic mass is 16.5. The van der Waals surface area contributed by atoms with Gasteiger partial charge in [0.2, 0.25) is 0 Å². The second-order valence-corrected chi connectivity index (χ2v) is 5.14. The van der Waals surface area contributed by atoms with Gasteiger partial charge in [0.1, 0.15) is 17.8 Å². The Morgan fingerprint density at radius 3 is 2.72 bits per heavy atom. The smallest absolute Gasteiger partial charge is 0.171 e. The third kappa shape index (κ3) is 3.38. The van der Waals surface area contributed by atoms with Gasteiger partial charge in [-0.15, -0.1) is 0 Å². The number of aromatic nitrogens is 3. The first-order valence-corrected chi connectivity index (χ1v) is 6.38. The Hall–Kier alpha value is -1.23. The molecule has 1 atom stereocenters. The fraction of sp³-hybridized carbons (Fsp3) is 0.769. The average Bonchev–Trinajstić information content (AvgIpc) is 2.74. The maximum atomic E-state index is 12.2. The first-order valence-electron chi connectivity index (χ1n) is 6.38. The summed E-state index contributed by atoms with van der Waals surface area (Å²) in [6.45, 7) is 8.76. The van der Waals surface area contributed by atoms with Gasteiger partial charge in [-0.25, -0.2) is 9.67 Å². The number of nitrogens with zero attached hydrogens (tertiary/aromatic N) is 3. The van der Waals surface area contributed by atoms with Gasteiger partial charge >= 0.3 is 0 Å². The van der Waals surface area contributed by atoms with Gasteiger partial charge in [-0.1, -0.05) is 20.8 Å². The molecule has 1 heterocycles. The van der Waals surface area contributed by atoms with Crippen LogP contribution in [0.2, 0.25) is 0 Å². The molecule has 0 aliphatic carbocycles. The maximum Gasteiger partial charge on any atom is 0.171 e. The van der Waals surface area contributed by atoms with Gasteiger partial charge in [-0.2, -0.15) is 5.10 Å². The molecule has 0 saturated carbocycles. The monoisotopic (exact) mass is 253 g/mol. The molecule has 1 unspecified atom stereocenters. The van der Waals surface area contributed by atoms with Crippen LogP contribution in [0.15, 0.2) is 6.33 Å². The number of carbonyl (C=O) groups is 1. The number of hydrogen-bond acceptors (Lipinski definition) is 4. The van der Waals surface area contributed by atoms with Crippen LogP contribution in [0.4, 0.5) is 0 Å². The summed E-state index contributed by atoms with van der Waals surface area (Å²) in [4.78, 5) is 16.4. The minimum atomic E-state index is -0.728. The van der Waals surface area contributed by atoms with Crippen LogP contribution >= 0.6 is 0 Å². The minimum absolute atomic E-state index is 0.0468. The normalized spacial score (nSPS) is 14.8. The van der Waals surface area contributed by atoms with Crippen molar-refractivity contribution in [2.24, 2.45) is 5.92 Å². The van der Waals surface area contributed by atoms with Crippen molar-refractivity contribution in [3.05, 3.63) is 12.2 Å². The Kier molecular flexibility index (Phi) is 5.02. The van der Waals surface area contributed by atoms with Crippen molar-refractivity contribution >= 4 is 5.78 Å². The molecule has 0 aromatic carbocycles. The Labute approximate surface area is 109 Å². The third-order valence-electron chi connectivity index (χ3n) is 3.27. The standard InChI is InChI=1S/C13H23N3O2/c1-6-13(4,18-5)11(17)7-12-14-9-15-16(12)8-10(2)3/h9-10H,6-8H2,1-5H3. The summed E-state index contributed by atoms with van der Waals surface area (Å²) in [6.07, 6.45) is 2.42. The van der Waals surface area contributed by atoms with E-state index in [4.69, 9.17) is 4.74 Å². The summed E-state index contributed by atoms with van der Waals surface area (Å²) in [6, 6.07) is 0. The molecule has 1 aromatic rings. The quantitative estimate of drug-likeness (QED) is 0.744. The van der Waals surface area contributed by atoms with E-state index in [9.17, 15) is 4.79 Å². The molecule has 0 saturated heterocycles. The first-order chi connectivity index (χ1) is 8.42. The SMILES string of the molecule is CCC(C)(OC)C(=O)Cc1ncnn1CC(C)C. The topological polar surface area (TPSA) is 57.0 Å². The molecule has 18 heavy (non-hydrogen) atoms. The second kappa shape index (κ2) is 6.09. The van der Waals surface area contributed by atoms with E-state index >= 15 is 0 Å². The molecule has 0 N–H and O–H groups in total. The zero-order chi connectivity index (χ0) is 13.8. The van der Waals surface area contributed by atoms with Crippen LogP contribution in [0.25, 0.3) is 0 Å². The molecule has 0 radical (unpaired) electrons. The molecule has 5 heteroatoms.